The summed E-state index contributed by atoms with van der Waals surface area (Å²) < 4.78 is 5.45. The molecule has 3 aromatic rings. The first-order valence-corrected chi connectivity index (χ1v) is 9.65. The third kappa shape index (κ3) is 2.69. The highest BCUT2D eigenvalue weighted by Gasteiger charge is 2.38. The Morgan fingerprint density at radius 1 is 1.22 bits per heavy atom. The molecule has 2 atom stereocenters. The molecule has 1 aliphatic carbocycles. The number of likely N-dealkylation sites (tertiary alicyclic amines) is 1. The number of rotatable bonds is 2. The van der Waals surface area contributed by atoms with Crippen LogP contribution in [-0.4, -0.2) is 40.5 Å². The summed E-state index contributed by atoms with van der Waals surface area (Å²) in [5.74, 6) is 1.43. The number of aromatic nitrogens is 2. The number of hydrogen-bond donors (Lipinski definition) is 1. The zero-order chi connectivity index (χ0) is 18.4. The maximum atomic E-state index is 13.3. The molecular weight excluding hydrogens is 338 g/mol. The van der Waals surface area contributed by atoms with E-state index in [1.165, 1.54) is 11.1 Å². The summed E-state index contributed by atoms with van der Waals surface area (Å²) in [4.78, 5) is 22.8. The Balaban J connectivity index is 1.47. The van der Waals surface area contributed by atoms with Crippen LogP contribution in [0.5, 0.6) is 5.75 Å². The lowest BCUT2D eigenvalue weighted by Crippen LogP contribution is -2.49. The van der Waals surface area contributed by atoms with Gasteiger partial charge < -0.3 is 14.6 Å². The van der Waals surface area contributed by atoms with Crippen LogP contribution in [0.25, 0.3) is 11.0 Å². The van der Waals surface area contributed by atoms with E-state index >= 15 is 0 Å². The number of carbonyl (C=O) groups is 1. The standard InChI is InChI=1S/C22H23N3O2/c1-27-16-7-4-14-6-9-21-17(18(14)12-16)3-2-10-25(21)22(26)15-5-8-19-20(11-15)24-13-23-19/h4-5,7-8,11-13,17,21H,2-3,6,9-10H2,1H3,(H,23,24)/t17-,21?/m1/s1. The number of amides is 1. The summed E-state index contributed by atoms with van der Waals surface area (Å²) in [6.07, 6.45) is 5.88. The molecule has 2 aliphatic rings. The van der Waals surface area contributed by atoms with Crippen molar-refractivity contribution in [3.63, 3.8) is 0 Å². The van der Waals surface area contributed by atoms with E-state index < -0.39 is 0 Å². The highest BCUT2D eigenvalue weighted by atomic mass is 16.5. The smallest absolute Gasteiger partial charge is 0.254 e. The fourth-order valence-corrected chi connectivity index (χ4v) is 4.84. The van der Waals surface area contributed by atoms with E-state index in [1.54, 1.807) is 13.4 Å². The van der Waals surface area contributed by atoms with E-state index in [4.69, 9.17) is 4.74 Å². The number of piperidine rings is 1. The van der Waals surface area contributed by atoms with E-state index in [-0.39, 0.29) is 11.9 Å². The molecule has 0 spiro atoms. The molecule has 1 saturated heterocycles. The summed E-state index contributed by atoms with van der Waals surface area (Å²) in [5.41, 5.74) is 5.30. The van der Waals surface area contributed by atoms with Gasteiger partial charge in [-0.05, 0) is 67.1 Å². The first-order valence-electron chi connectivity index (χ1n) is 9.65. The number of hydrogen-bond acceptors (Lipinski definition) is 3. The number of H-pyrrole nitrogens is 1. The fourth-order valence-electron chi connectivity index (χ4n) is 4.84. The number of aryl methyl sites for hydroxylation is 1. The number of methoxy groups -OCH3 is 1. The summed E-state index contributed by atoms with van der Waals surface area (Å²) in [5, 5.41) is 0. The molecular formula is C22H23N3O2. The number of nitrogens with one attached hydrogen (secondary N) is 1. The molecule has 138 valence electrons. The minimum atomic E-state index is 0.126. The number of carbonyl (C=O) groups excluding carboxylic acids is 1. The van der Waals surface area contributed by atoms with Gasteiger partial charge in [0.15, 0.2) is 0 Å². The van der Waals surface area contributed by atoms with Crippen LogP contribution in [0.1, 0.15) is 46.7 Å². The van der Waals surface area contributed by atoms with Gasteiger partial charge in [-0.15, -0.1) is 0 Å². The number of aromatic amines is 1. The first-order chi connectivity index (χ1) is 13.2. The molecule has 0 bridgehead atoms. The van der Waals surface area contributed by atoms with E-state index in [1.807, 2.05) is 24.3 Å². The SMILES string of the molecule is COc1ccc2c(c1)[C@H]1CCCN(C(=O)c3ccc4[nH]cnc4c3)C1CC2. The van der Waals surface area contributed by atoms with Gasteiger partial charge in [-0.1, -0.05) is 6.07 Å². The van der Waals surface area contributed by atoms with Crippen molar-refractivity contribution in [2.45, 2.75) is 37.6 Å². The van der Waals surface area contributed by atoms with Crippen molar-refractivity contribution < 1.29 is 9.53 Å². The molecule has 0 radical (unpaired) electrons. The Kier molecular flexibility index (Phi) is 3.88. The van der Waals surface area contributed by atoms with Gasteiger partial charge in [-0.25, -0.2) is 4.98 Å². The minimum absolute atomic E-state index is 0.126. The molecule has 1 aromatic heterocycles. The highest BCUT2D eigenvalue weighted by molar-refractivity contribution is 5.97. The highest BCUT2D eigenvalue weighted by Crippen LogP contribution is 2.42. The zero-order valence-corrected chi connectivity index (χ0v) is 15.4. The molecule has 5 heteroatoms. The average Bonchev–Trinajstić information content (AvgIpc) is 3.20. The molecule has 27 heavy (non-hydrogen) atoms. The van der Waals surface area contributed by atoms with E-state index in [0.29, 0.717) is 5.92 Å². The number of fused-ring (bicyclic) bond motifs is 4. The van der Waals surface area contributed by atoms with Crippen molar-refractivity contribution in [2.75, 3.05) is 13.7 Å². The first kappa shape index (κ1) is 16.4. The second-order valence-electron chi connectivity index (χ2n) is 7.55. The Morgan fingerprint density at radius 3 is 3.04 bits per heavy atom. The lowest BCUT2D eigenvalue weighted by Gasteiger charge is -2.45. The molecule has 0 saturated carbocycles. The average molecular weight is 361 g/mol. The number of benzene rings is 2. The predicted molar refractivity (Wildman–Crippen MR) is 104 cm³/mol. The maximum absolute atomic E-state index is 13.3. The van der Waals surface area contributed by atoms with Gasteiger partial charge in [0.25, 0.3) is 5.91 Å². The van der Waals surface area contributed by atoms with Crippen LogP contribution in [0.2, 0.25) is 0 Å². The largest absolute Gasteiger partial charge is 0.497 e. The summed E-state index contributed by atoms with van der Waals surface area (Å²) in [7, 11) is 1.71. The Hall–Kier alpha value is -2.82. The molecule has 5 rings (SSSR count). The Bertz CT molecular complexity index is 1010. The second-order valence-corrected chi connectivity index (χ2v) is 7.55. The number of ether oxygens (including phenoxy) is 1. The molecule has 1 N–H and O–H groups in total. The molecule has 1 amide bonds. The summed E-state index contributed by atoms with van der Waals surface area (Å²) >= 11 is 0. The van der Waals surface area contributed by atoms with E-state index in [2.05, 4.69) is 27.0 Å². The van der Waals surface area contributed by atoms with Crippen molar-refractivity contribution >= 4 is 16.9 Å². The molecule has 1 fully saturated rings. The molecule has 1 aliphatic heterocycles. The molecule has 5 nitrogen and oxygen atoms in total. The van der Waals surface area contributed by atoms with Crippen molar-refractivity contribution in [3.8, 4) is 5.75 Å². The quantitative estimate of drug-likeness (QED) is 0.753. The zero-order valence-electron chi connectivity index (χ0n) is 15.4. The monoisotopic (exact) mass is 361 g/mol. The maximum Gasteiger partial charge on any atom is 0.254 e. The Labute approximate surface area is 158 Å². The van der Waals surface area contributed by atoms with Gasteiger partial charge in [0, 0.05) is 24.1 Å². The van der Waals surface area contributed by atoms with Crippen molar-refractivity contribution in [1.29, 1.82) is 0 Å². The van der Waals surface area contributed by atoms with E-state index in [0.717, 1.165) is 54.6 Å². The molecule has 2 aromatic carbocycles. The lowest BCUT2D eigenvalue weighted by molar-refractivity contribution is 0.0547. The van der Waals surface area contributed by atoms with E-state index in [9.17, 15) is 4.79 Å². The second kappa shape index (κ2) is 6.41. The third-order valence-electron chi connectivity index (χ3n) is 6.17. The minimum Gasteiger partial charge on any atom is -0.497 e. The Morgan fingerprint density at radius 2 is 2.15 bits per heavy atom. The lowest BCUT2D eigenvalue weighted by atomic mass is 9.74. The predicted octanol–water partition coefficient (Wildman–Crippen LogP) is 3.91. The van der Waals surface area contributed by atoms with Crippen LogP contribution in [0, 0.1) is 0 Å². The van der Waals surface area contributed by atoms with Gasteiger partial charge in [0.1, 0.15) is 5.75 Å². The van der Waals surface area contributed by atoms with Gasteiger partial charge in [0.05, 0.1) is 24.5 Å². The van der Waals surface area contributed by atoms with Crippen LogP contribution in [0.3, 0.4) is 0 Å². The van der Waals surface area contributed by atoms with Gasteiger partial charge in [-0.3, -0.25) is 4.79 Å². The van der Waals surface area contributed by atoms with Crippen molar-refractivity contribution in [2.24, 2.45) is 0 Å². The normalized spacial score (nSPS) is 21.6. The number of imidazole rings is 1. The topological polar surface area (TPSA) is 58.2 Å². The third-order valence-corrected chi connectivity index (χ3v) is 6.17. The van der Waals surface area contributed by atoms with Crippen LogP contribution in [0.15, 0.2) is 42.7 Å². The van der Waals surface area contributed by atoms with Gasteiger partial charge in [0.2, 0.25) is 0 Å². The molecule has 2 heterocycles. The van der Waals surface area contributed by atoms with Gasteiger partial charge in [-0.2, -0.15) is 0 Å². The molecule has 1 unspecified atom stereocenters. The fraction of sp³-hybridized carbons (Fsp3) is 0.364. The van der Waals surface area contributed by atoms with Crippen LogP contribution in [0.4, 0.5) is 0 Å². The van der Waals surface area contributed by atoms with Crippen LogP contribution < -0.4 is 4.74 Å². The van der Waals surface area contributed by atoms with Crippen molar-refractivity contribution in [1.82, 2.24) is 14.9 Å². The van der Waals surface area contributed by atoms with Crippen molar-refractivity contribution in [3.05, 3.63) is 59.4 Å². The number of nitrogens with zero attached hydrogens (tertiary/aromatic N) is 2. The summed E-state index contributed by atoms with van der Waals surface area (Å²) in [6, 6.07) is 12.4. The summed E-state index contributed by atoms with van der Waals surface area (Å²) in [6.45, 7) is 0.831. The van der Waals surface area contributed by atoms with Crippen LogP contribution in [-0.2, 0) is 6.42 Å². The van der Waals surface area contributed by atoms with Gasteiger partial charge >= 0.3 is 0 Å². The van der Waals surface area contributed by atoms with Crippen LogP contribution >= 0.6 is 0 Å².